The van der Waals surface area contributed by atoms with Crippen molar-refractivity contribution >= 4 is 5.91 Å². The summed E-state index contributed by atoms with van der Waals surface area (Å²) < 4.78 is 36.7. The number of amides is 1. The van der Waals surface area contributed by atoms with Gasteiger partial charge in [-0.05, 0) is 29.8 Å². The Morgan fingerprint density at radius 2 is 1.90 bits per heavy atom. The average molecular weight is 428 g/mol. The highest BCUT2D eigenvalue weighted by atomic mass is 19.2. The number of halogens is 2. The number of carbonyl (C=O) groups excluding carboxylic acids is 1. The van der Waals surface area contributed by atoms with Gasteiger partial charge in [-0.3, -0.25) is 9.69 Å². The molecule has 3 aromatic rings. The van der Waals surface area contributed by atoms with E-state index in [1.165, 1.54) is 6.07 Å². The summed E-state index contributed by atoms with van der Waals surface area (Å²) in [4.78, 5) is 20.8. The molecule has 1 fully saturated rings. The first-order chi connectivity index (χ1) is 15.0. The van der Waals surface area contributed by atoms with Crippen LogP contribution in [-0.2, 0) is 17.9 Å². The van der Waals surface area contributed by atoms with Crippen LogP contribution in [0.1, 0.15) is 21.8 Å². The maximum Gasteiger partial charge on any atom is 0.254 e. The highest BCUT2D eigenvalue weighted by Crippen LogP contribution is 2.20. The molecule has 0 bridgehead atoms. The van der Waals surface area contributed by atoms with Crippen molar-refractivity contribution in [1.82, 2.24) is 19.9 Å². The number of aromatic nitrogens is 2. The van der Waals surface area contributed by atoms with Crippen LogP contribution in [0.25, 0.3) is 11.4 Å². The van der Waals surface area contributed by atoms with Crippen molar-refractivity contribution in [1.29, 1.82) is 0 Å². The lowest BCUT2D eigenvalue weighted by Gasteiger charge is -2.34. The second-order valence-electron chi connectivity index (χ2n) is 7.34. The number of hydrogen-bond acceptors (Lipinski definition) is 6. The first kappa shape index (κ1) is 21.1. The quantitative estimate of drug-likeness (QED) is 0.601. The zero-order valence-corrected chi connectivity index (χ0v) is 17.1. The van der Waals surface area contributed by atoms with Crippen molar-refractivity contribution in [3.63, 3.8) is 0 Å². The predicted octanol–water partition coefficient (Wildman–Crippen LogP) is 3.12. The van der Waals surface area contributed by atoms with Crippen LogP contribution in [0.15, 0.2) is 47.0 Å². The second kappa shape index (κ2) is 9.32. The molecule has 31 heavy (non-hydrogen) atoms. The maximum absolute atomic E-state index is 13.4. The predicted molar refractivity (Wildman–Crippen MR) is 108 cm³/mol. The van der Waals surface area contributed by atoms with Crippen molar-refractivity contribution in [2.24, 2.45) is 0 Å². The Bertz CT molecular complexity index is 1060. The van der Waals surface area contributed by atoms with Crippen LogP contribution in [0.4, 0.5) is 8.78 Å². The van der Waals surface area contributed by atoms with E-state index in [2.05, 4.69) is 15.0 Å². The lowest BCUT2D eigenvalue weighted by atomic mass is 10.1. The lowest BCUT2D eigenvalue weighted by Crippen LogP contribution is -2.48. The van der Waals surface area contributed by atoms with Gasteiger partial charge in [0.05, 0.1) is 0 Å². The molecule has 0 saturated carbocycles. The van der Waals surface area contributed by atoms with Gasteiger partial charge in [-0.25, -0.2) is 8.78 Å². The van der Waals surface area contributed by atoms with E-state index < -0.39 is 11.6 Å². The molecule has 2 aromatic carbocycles. The molecule has 0 atom stereocenters. The molecule has 162 valence electrons. The standard InChI is InChI=1S/C22H22F2N4O3/c1-30-14-20-25-21(26-31-20)16-4-2-3-15(11-16)13-27-7-9-28(10-8-27)22(29)17-5-6-18(23)19(24)12-17/h2-6,11-12H,7-10,13-14H2,1H3. The van der Waals surface area contributed by atoms with Crippen LogP contribution in [0.5, 0.6) is 0 Å². The van der Waals surface area contributed by atoms with Crippen LogP contribution >= 0.6 is 0 Å². The third kappa shape index (κ3) is 4.95. The van der Waals surface area contributed by atoms with E-state index in [9.17, 15) is 13.6 Å². The molecule has 0 radical (unpaired) electrons. The third-order valence-corrected chi connectivity index (χ3v) is 5.15. The van der Waals surface area contributed by atoms with Gasteiger partial charge >= 0.3 is 0 Å². The summed E-state index contributed by atoms with van der Waals surface area (Å²) in [5.74, 6) is -1.33. The zero-order valence-electron chi connectivity index (χ0n) is 17.1. The Balaban J connectivity index is 1.35. The van der Waals surface area contributed by atoms with Gasteiger partial charge in [0.1, 0.15) is 6.61 Å². The summed E-state index contributed by atoms with van der Waals surface area (Å²) in [6.07, 6.45) is 0. The van der Waals surface area contributed by atoms with E-state index in [1.54, 1.807) is 12.0 Å². The number of carbonyl (C=O) groups is 1. The minimum atomic E-state index is -1.01. The summed E-state index contributed by atoms with van der Waals surface area (Å²) in [5, 5.41) is 3.99. The summed E-state index contributed by atoms with van der Waals surface area (Å²) in [7, 11) is 1.57. The number of piperazine rings is 1. The fourth-order valence-electron chi connectivity index (χ4n) is 3.54. The highest BCUT2D eigenvalue weighted by Gasteiger charge is 2.23. The fourth-order valence-corrected chi connectivity index (χ4v) is 3.54. The molecule has 2 heterocycles. The van der Waals surface area contributed by atoms with Crippen LogP contribution in [-0.4, -0.2) is 59.1 Å². The first-order valence-corrected chi connectivity index (χ1v) is 9.91. The SMILES string of the molecule is COCc1nc(-c2cccc(CN3CCN(C(=O)c4ccc(F)c(F)c4)CC3)c2)no1. The summed E-state index contributed by atoms with van der Waals surface area (Å²) in [5.41, 5.74) is 2.11. The van der Waals surface area contributed by atoms with Crippen LogP contribution < -0.4 is 0 Å². The average Bonchev–Trinajstić information content (AvgIpc) is 3.25. The summed E-state index contributed by atoms with van der Waals surface area (Å²) in [6, 6.07) is 11.1. The molecule has 1 amide bonds. The maximum atomic E-state index is 13.4. The molecule has 4 rings (SSSR count). The third-order valence-electron chi connectivity index (χ3n) is 5.15. The van der Waals surface area contributed by atoms with Crippen molar-refractivity contribution in [3.8, 4) is 11.4 Å². The van der Waals surface area contributed by atoms with E-state index in [-0.39, 0.29) is 18.1 Å². The smallest absolute Gasteiger partial charge is 0.254 e. The van der Waals surface area contributed by atoms with Gasteiger partial charge in [0, 0.05) is 51.0 Å². The van der Waals surface area contributed by atoms with E-state index in [0.717, 1.165) is 23.3 Å². The molecule has 0 aliphatic carbocycles. The van der Waals surface area contributed by atoms with Gasteiger partial charge in [-0.15, -0.1) is 0 Å². The van der Waals surface area contributed by atoms with E-state index in [1.807, 2.05) is 24.3 Å². The minimum absolute atomic E-state index is 0.160. The number of nitrogens with zero attached hydrogens (tertiary/aromatic N) is 4. The number of benzene rings is 2. The van der Waals surface area contributed by atoms with Crippen LogP contribution in [0, 0.1) is 11.6 Å². The van der Waals surface area contributed by atoms with Gasteiger partial charge in [-0.1, -0.05) is 23.4 Å². The molecular weight excluding hydrogens is 406 g/mol. The van der Waals surface area contributed by atoms with E-state index >= 15 is 0 Å². The molecule has 1 saturated heterocycles. The first-order valence-electron chi connectivity index (χ1n) is 9.91. The molecular formula is C22H22F2N4O3. The van der Waals surface area contributed by atoms with Crippen LogP contribution in [0.2, 0.25) is 0 Å². The highest BCUT2D eigenvalue weighted by molar-refractivity contribution is 5.94. The van der Waals surface area contributed by atoms with Crippen LogP contribution in [0.3, 0.4) is 0 Å². The monoisotopic (exact) mass is 428 g/mol. The Kier molecular flexibility index (Phi) is 6.34. The fraction of sp³-hybridized carbons (Fsp3) is 0.318. The molecule has 0 unspecified atom stereocenters. The van der Waals surface area contributed by atoms with Crippen molar-refractivity contribution in [3.05, 3.63) is 71.1 Å². The summed E-state index contributed by atoms with van der Waals surface area (Å²) in [6.45, 7) is 3.37. The van der Waals surface area contributed by atoms with Gasteiger partial charge in [0.2, 0.25) is 5.82 Å². The molecule has 9 heteroatoms. The number of ether oxygens (including phenoxy) is 1. The molecule has 0 spiro atoms. The second-order valence-corrected chi connectivity index (χ2v) is 7.34. The van der Waals surface area contributed by atoms with Crippen molar-refractivity contribution in [2.75, 3.05) is 33.3 Å². The van der Waals surface area contributed by atoms with Gasteiger partial charge in [-0.2, -0.15) is 4.98 Å². The Hall–Kier alpha value is -3.17. The van der Waals surface area contributed by atoms with Gasteiger partial charge < -0.3 is 14.2 Å². The lowest BCUT2D eigenvalue weighted by molar-refractivity contribution is 0.0628. The summed E-state index contributed by atoms with van der Waals surface area (Å²) >= 11 is 0. The Morgan fingerprint density at radius 3 is 2.65 bits per heavy atom. The van der Waals surface area contributed by atoms with Crippen molar-refractivity contribution in [2.45, 2.75) is 13.2 Å². The topological polar surface area (TPSA) is 71.7 Å². The largest absolute Gasteiger partial charge is 0.375 e. The molecule has 1 aromatic heterocycles. The normalized spacial score (nSPS) is 14.7. The molecule has 7 nitrogen and oxygen atoms in total. The van der Waals surface area contributed by atoms with Crippen molar-refractivity contribution < 1.29 is 22.8 Å². The molecule has 0 N–H and O–H groups in total. The Labute approximate surface area is 178 Å². The van der Waals surface area contributed by atoms with Gasteiger partial charge in [0.15, 0.2) is 11.6 Å². The molecule has 1 aliphatic heterocycles. The minimum Gasteiger partial charge on any atom is -0.375 e. The number of hydrogen-bond donors (Lipinski definition) is 0. The number of rotatable bonds is 6. The van der Waals surface area contributed by atoms with E-state index in [0.29, 0.717) is 44.4 Å². The van der Waals surface area contributed by atoms with Gasteiger partial charge in [0.25, 0.3) is 11.8 Å². The number of methoxy groups -OCH3 is 1. The zero-order chi connectivity index (χ0) is 21.8. The van der Waals surface area contributed by atoms with E-state index in [4.69, 9.17) is 9.26 Å². The Morgan fingerprint density at radius 1 is 1.10 bits per heavy atom. The molecule has 1 aliphatic rings.